The fraction of sp³-hybridized carbons (Fsp3) is 0.267. The van der Waals surface area contributed by atoms with Crippen LogP contribution in [0.5, 0.6) is 0 Å². The summed E-state index contributed by atoms with van der Waals surface area (Å²) in [5, 5.41) is 4.09. The first kappa shape index (κ1) is 14.1. The molecule has 0 saturated carbocycles. The minimum atomic E-state index is -0.816. The summed E-state index contributed by atoms with van der Waals surface area (Å²) >= 11 is 0. The number of aromatic nitrogens is 2. The van der Waals surface area contributed by atoms with Crippen molar-refractivity contribution >= 4 is 11.6 Å². The molecule has 0 aliphatic rings. The Bertz CT molecular complexity index is 659. The standard InChI is InChI=1S/C15H15FN2O2/c1-9(14(19)11-4-6-12(16)7-5-11)15(20)13-8-18(3)17-10(13)2/h4-9H,1-3H3. The Morgan fingerprint density at radius 3 is 2.30 bits per heavy atom. The van der Waals surface area contributed by atoms with Crippen LogP contribution in [0.4, 0.5) is 4.39 Å². The summed E-state index contributed by atoms with van der Waals surface area (Å²) in [7, 11) is 1.72. The highest BCUT2D eigenvalue weighted by Gasteiger charge is 2.26. The molecule has 5 heteroatoms. The molecule has 0 N–H and O–H groups in total. The molecule has 1 atom stereocenters. The van der Waals surface area contributed by atoms with Gasteiger partial charge < -0.3 is 0 Å². The number of Topliss-reactive ketones (excluding diaryl/α,β-unsaturated/α-hetero) is 2. The van der Waals surface area contributed by atoms with Gasteiger partial charge in [0.05, 0.1) is 17.2 Å². The second-order valence-electron chi connectivity index (χ2n) is 4.76. The largest absolute Gasteiger partial charge is 0.293 e. The molecular formula is C15H15FN2O2. The van der Waals surface area contributed by atoms with Gasteiger partial charge in [0.1, 0.15) is 5.82 Å². The van der Waals surface area contributed by atoms with Crippen molar-refractivity contribution in [3.63, 3.8) is 0 Å². The van der Waals surface area contributed by atoms with E-state index in [0.29, 0.717) is 16.8 Å². The first-order chi connectivity index (χ1) is 9.40. The number of hydrogen-bond acceptors (Lipinski definition) is 3. The highest BCUT2D eigenvalue weighted by Crippen LogP contribution is 2.17. The molecule has 0 saturated heterocycles. The van der Waals surface area contributed by atoms with Crippen molar-refractivity contribution in [1.82, 2.24) is 9.78 Å². The number of carbonyl (C=O) groups excluding carboxylic acids is 2. The van der Waals surface area contributed by atoms with E-state index in [0.717, 1.165) is 0 Å². The predicted octanol–water partition coefficient (Wildman–Crippen LogP) is 2.57. The quantitative estimate of drug-likeness (QED) is 0.636. The van der Waals surface area contributed by atoms with Gasteiger partial charge in [-0.25, -0.2) is 4.39 Å². The van der Waals surface area contributed by atoms with Crippen LogP contribution in [0.2, 0.25) is 0 Å². The third-order valence-corrected chi connectivity index (χ3v) is 3.19. The molecule has 1 aromatic carbocycles. The SMILES string of the molecule is Cc1nn(C)cc1C(=O)C(C)C(=O)c1ccc(F)cc1. The summed E-state index contributed by atoms with van der Waals surface area (Å²) in [5.74, 6) is -1.82. The average Bonchev–Trinajstić information content (AvgIpc) is 2.76. The zero-order chi connectivity index (χ0) is 14.9. The predicted molar refractivity (Wildman–Crippen MR) is 72.2 cm³/mol. The van der Waals surface area contributed by atoms with Gasteiger partial charge in [-0.05, 0) is 38.1 Å². The van der Waals surface area contributed by atoms with E-state index in [1.807, 2.05) is 0 Å². The summed E-state index contributed by atoms with van der Waals surface area (Å²) in [6.07, 6.45) is 1.60. The lowest BCUT2D eigenvalue weighted by Crippen LogP contribution is -2.21. The Morgan fingerprint density at radius 1 is 1.20 bits per heavy atom. The monoisotopic (exact) mass is 274 g/mol. The summed E-state index contributed by atoms with van der Waals surface area (Å²) in [5.41, 5.74) is 1.36. The lowest BCUT2D eigenvalue weighted by molar-refractivity contribution is 0.0820. The lowest BCUT2D eigenvalue weighted by Gasteiger charge is -2.09. The number of carbonyl (C=O) groups is 2. The van der Waals surface area contributed by atoms with Crippen molar-refractivity contribution in [1.29, 1.82) is 0 Å². The van der Waals surface area contributed by atoms with Crippen molar-refractivity contribution in [3.8, 4) is 0 Å². The van der Waals surface area contributed by atoms with E-state index in [-0.39, 0.29) is 11.6 Å². The number of halogens is 1. The highest BCUT2D eigenvalue weighted by molar-refractivity contribution is 6.16. The maximum atomic E-state index is 12.8. The fourth-order valence-corrected chi connectivity index (χ4v) is 2.06. The van der Waals surface area contributed by atoms with Crippen LogP contribution in [0.3, 0.4) is 0 Å². The number of hydrogen-bond donors (Lipinski definition) is 0. The van der Waals surface area contributed by atoms with Crippen LogP contribution in [0, 0.1) is 18.7 Å². The topological polar surface area (TPSA) is 52.0 Å². The second kappa shape index (κ2) is 5.36. The molecule has 0 aliphatic carbocycles. The number of ketones is 2. The van der Waals surface area contributed by atoms with Gasteiger partial charge in [0.15, 0.2) is 11.6 Å². The first-order valence-electron chi connectivity index (χ1n) is 6.24. The van der Waals surface area contributed by atoms with E-state index in [4.69, 9.17) is 0 Å². The molecular weight excluding hydrogens is 259 g/mol. The van der Waals surface area contributed by atoms with Crippen molar-refractivity contribution in [3.05, 3.63) is 53.1 Å². The number of aryl methyl sites for hydroxylation is 2. The van der Waals surface area contributed by atoms with Gasteiger partial charge >= 0.3 is 0 Å². The molecule has 2 aromatic rings. The van der Waals surface area contributed by atoms with E-state index >= 15 is 0 Å². The van der Waals surface area contributed by atoms with E-state index in [1.165, 1.54) is 28.9 Å². The average molecular weight is 274 g/mol. The molecule has 0 amide bonds. The van der Waals surface area contributed by atoms with Crippen LogP contribution in [0.15, 0.2) is 30.5 Å². The van der Waals surface area contributed by atoms with Crippen LogP contribution in [-0.2, 0) is 7.05 Å². The second-order valence-corrected chi connectivity index (χ2v) is 4.76. The third kappa shape index (κ3) is 2.66. The number of benzene rings is 1. The molecule has 1 aromatic heterocycles. The van der Waals surface area contributed by atoms with Crippen LogP contribution in [0.1, 0.15) is 33.3 Å². The highest BCUT2D eigenvalue weighted by atomic mass is 19.1. The number of nitrogens with zero attached hydrogens (tertiary/aromatic N) is 2. The van der Waals surface area contributed by atoms with Gasteiger partial charge in [-0.1, -0.05) is 0 Å². The van der Waals surface area contributed by atoms with E-state index in [2.05, 4.69) is 5.10 Å². The summed E-state index contributed by atoms with van der Waals surface area (Å²) in [6, 6.07) is 5.19. The Balaban J connectivity index is 2.24. The first-order valence-corrected chi connectivity index (χ1v) is 6.24. The summed E-state index contributed by atoms with van der Waals surface area (Å²) in [6.45, 7) is 3.28. The lowest BCUT2D eigenvalue weighted by atomic mass is 9.92. The zero-order valence-corrected chi connectivity index (χ0v) is 11.6. The Kier molecular flexibility index (Phi) is 3.79. The molecule has 104 valence electrons. The molecule has 0 fully saturated rings. The summed E-state index contributed by atoms with van der Waals surface area (Å²) in [4.78, 5) is 24.5. The van der Waals surface area contributed by atoms with Gasteiger partial charge in [-0.2, -0.15) is 5.10 Å². The van der Waals surface area contributed by atoms with Crippen molar-refractivity contribution in [2.24, 2.45) is 13.0 Å². The van der Waals surface area contributed by atoms with E-state index < -0.39 is 11.7 Å². The third-order valence-electron chi connectivity index (χ3n) is 3.19. The molecule has 0 bridgehead atoms. The molecule has 1 heterocycles. The number of rotatable bonds is 4. The molecule has 1 unspecified atom stereocenters. The molecule has 0 radical (unpaired) electrons. The minimum absolute atomic E-state index is 0.273. The van der Waals surface area contributed by atoms with Gasteiger partial charge in [0.25, 0.3) is 0 Å². The van der Waals surface area contributed by atoms with Crippen LogP contribution in [-0.4, -0.2) is 21.3 Å². The molecule has 2 rings (SSSR count). The Hall–Kier alpha value is -2.30. The Labute approximate surface area is 116 Å². The van der Waals surface area contributed by atoms with Crippen LogP contribution in [0.25, 0.3) is 0 Å². The normalized spacial score (nSPS) is 12.2. The zero-order valence-electron chi connectivity index (χ0n) is 11.6. The molecule has 4 nitrogen and oxygen atoms in total. The van der Waals surface area contributed by atoms with Gasteiger partial charge in [-0.15, -0.1) is 0 Å². The van der Waals surface area contributed by atoms with E-state index in [9.17, 15) is 14.0 Å². The molecule has 0 aliphatic heterocycles. The van der Waals surface area contributed by atoms with Crippen molar-refractivity contribution in [2.75, 3.05) is 0 Å². The summed E-state index contributed by atoms with van der Waals surface area (Å²) < 4.78 is 14.4. The van der Waals surface area contributed by atoms with E-state index in [1.54, 1.807) is 27.1 Å². The van der Waals surface area contributed by atoms with Gasteiger partial charge in [0, 0.05) is 18.8 Å². The minimum Gasteiger partial charge on any atom is -0.293 e. The van der Waals surface area contributed by atoms with Crippen LogP contribution >= 0.6 is 0 Å². The van der Waals surface area contributed by atoms with Gasteiger partial charge in [-0.3, -0.25) is 14.3 Å². The smallest absolute Gasteiger partial charge is 0.176 e. The Morgan fingerprint density at radius 2 is 1.80 bits per heavy atom. The molecule has 0 spiro atoms. The maximum absolute atomic E-state index is 12.8. The van der Waals surface area contributed by atoms with Gasteiger partial charge in [0.2, 0.25) is 0 Å². The molecule has 20 heavy (non-hydrogen) atoms. The maximum Gasteiger partial charge on any atom is 0.176 e. The van der Waals surface area contributed by atoms with Crippen molar-refractivity contribution < 1.29 is 14.0 Å². The fourth-order valence-electron chi connectivity index (χ4n) is 2.06. The van der Waals surface area contributed by atoms with Crippen LogP contribution < -0.4 is 0 Å². The van der Waals surface area contributed by atoms with Crippen molar-refractivity contribution in [2.45, 2.75) is 13.8 Å².